The Morgan fingerprint density at radius 3 is 3.05 bits per heavy atom. The van der Waals surface area contributed by atoms with Crippen LogP contribution >= 0.6 is 15.9 Å². The molecule has 0 aliphatic rings. The van der Waals surface area contributed by atoms with Gasteiger partial charge in [-0.3, -0.25) is 0 Å². The van der Waals surface area contributed by atoms with Crippen LogP contribution in [0.1, 0.15) is 11.5 Å². The van der Waals surface area contributed by atoms with Crippen LogP contribution in [0.2, 0.25) is 0 Å². The molecule has 7 heteroatoms. The topological polar surface area (TPSA) is 87.4 Å². The maximum Gasteiger partial charge on any atom is 0.251 e. The van der Waals surface area contributed by atoms with E-state index in [4.69, 9.17) is 14.1 Å². The number of aromatic nitrogens is 1. The number of anilines is 1. The van der Waals surface area contributed by atoms with Gasteiger partial charge in [-0.15, -0.1) is 0 Å². The Morgan fingerprint density at radius 2 is 2.23 bits per heavy atom. The average Bonchev–Trinajstić information content (AvgIpc) is 3.16. The summed E-state index contributed by atoms with van der Waals surface area (Å²) in [6, 6.07) is 13.3. The van der Waals surface area contributed by atoms with Crippen molar-refractivity contribution < 1.29 is 8.83 Å². The Labute approximate surface area is 134 Å². The third-order valence-corrected chi connectivity index (χ3v) is 3.26. The van der Waals surface area contributed by atoms with Crippen LogP contribution in [0.3, 0.4) is 0 Å². The summed E-state index contributed by atoms with van der Waals surface area (Å²) in [5, 5.41) is 12.7. The van der Waals surface area contributed by atoms with Crippen LogP contribution in [0.5, 0.6) is 0 Å². The number of nitriles is 1. The Bertz CT molecular complexity index is 860. The molecule has 0 unspecified atom stereocenters. The average molecular weight is 357 g/mol. The van der Waals surface area contributed by atoms with E-state index in [1.54, 1.807) is 6.07 Å². The number of rotatable bonds is 4. The third kappa shape index (κ3) is 3.07. The van der Waals surface area contributed by atoms with E-state index in [1.807, 2.05) is 36.4 Å². The Kier molecular flexibility index (Phi) is 4.03. The van der Waals surface area contributed by atoms with Gasteiger partial charge in [0.2, 0.25) is 5.69 Å². The zero-order valence-electron chi connectivity index (χ0n) is 11.2. The van der Waals surface area contributed by atoms with E-state index in [1.165, 1.54) is 12.6 Å². The first-order valence-electron chi connectivity index (χ1n) is 6.25. The van der Waals surface area contributed by atoms with Crippen molar-refractivity contribution in [3.05, 3.63) is 58.7 Å². The lowest BCUT2D eigenvalue weighted by molar-refractivity contribution is 0.568. The maximum absolute atomic E-state index is 8.79. The number of furan rings is 1. The standard InChI is InChI=1S/C15H9BrN4O2/c16-11-3-1-2-10(6-11)14-5-4-12(22-14)8-19-20-15-13(7-17)18-9-21-15/h1-6,8-9,20H/b19-8-. The van der Waals surface area contributed by atoms with Crippen LogP contribution < -0.4 is 5.43 Å². The monoisotopic (exact) mass is 356 g/mol. The van der Waals surface area contributed by atoms with Crippen molar-refractivity contribution in [2.75, 3.05) is 5.43 Å². The van der Waals surface area contributed by atoms with E-state index in [-0.39, 0.29) is 11.6 Å². The molecule has 1 N–H and O–H groups in total. The number of hydrazone groups is 1. The Morgan fingerprint density at radius 1 is 1.32 bits per heavy atom. The molecule has 1 aromatic carbocycles. The van der Waals surface area contributed by atoms with E-state index in [9.17, 15) is 0 Å². The van der Waals surface area contributed by atoms with Gasteiger partial charge in [-0.05, 0) is 24.3 Å². The molecule has 0 aliphatic carbocycles. The molecule has 3 rings (SSSR count). The van der Waals surface area contributed by atoms with E-state index >= 15 is 0 Å². The normalized spacial score (nSPS) is 10.7. The van der Waals surface area contributed by atoms with Crippen molar-refractivity contribution in [1.82, 2.24) is 4.98 Å². The molecule has 0 aliphatic heterocycles. The predicted molar refractivity (Wildman–Crippen MR) is 84.3 cm³/mol. The zero-order chi connectivity index (χ0) is 15.4. The van der Waals surface area contributed by atoms with Crippen LogP contribution in [0.15, 0.2) is 61.2 Å². The number of nitrogens with one attached hydrogen (secondary N) is 1. The molecule has 0 bridgehead atoms. The van der Waals surface area contributed by atoms with Gasteiger partial charge in [-0.25, -0.2) is 10.4 Å². The molecule has 0 saturated carbocycles. The highest BCUT2D eigenvalue weighted by Crippen LogP contribution is 2.24. The zero-order valence-corrected chi connectivity index (χ0v) is 12.7. The fourth-order valence-electron chi connectivity index (χ4n) is 1.78. The highest BCUT2D eigenvalue weighted by Gasteiger charge is 2.06. The van der Waals surface area contributed by atoms with Gasteiger partial charge in [0.15, 0.2) is 6.39 Å². The van der Waals surface area contributed by atoms with E-state index in [0.29, 0.717) is 5.76 Å². The molecule has 22 heavy (non-hydrogen) atoms. The molecule has 0 fully saturated rings. The molecular formula is C15H9BrN4O2. The maximum atomic E-state index is 8.79. The molecule has 2 heterocycles. The van der Waals surface area contributed by atoms with Crippen LogP contribution in [0, 0.1) is 11.3 Å². The van der Waals surface area contributed by atoms with Crippen molar-refractivity contribution in [2.24, 2.45) is 5.10 Å². The summed E-state index contributed by atoms with van der Waals surface area (Å²) in [5.74, 6) is 1.50. The van der Waals surface area contributed by atoms with Gasteiger partial charge >= 0.3 is 0 Å². The Hall–Kier alpha value is -2.85. The van der Waals surface area contributed by atoms with Gasteiger partial charge in [0, 0.05) is 10.0 Å². The largest absolute Gasteiger partial charge is 0.455 e. The SMILES string of the molecule is N#Cc1ncoc1N/N=C\c1ccc(-c2cccc(Br)c2)o1. The molecule has 3 aromatic rings. The third-order valence-electron chi connectivity index (χ3n) is 2.77. The first-order valence-corrected chi connectivity index (χ1v) is 7.04. The summed E-state index contributed by atoms with van der Waals surface area (Å²) in [6.45, 7) is 0. The number of hydrogen-bond donors (Lipinski definition) is 1. The summed E-state index contributed by atoms with van der Waals surface area (Å²) in [5.41, 5.74) is 3.71. The lowest BCUT2D eigenvalue weighted by atomic mass is 10.2. The Balaban J connectivity index is 1.72. The number of benzene rings is 1. The second kappa shape index (κ2) is 6.28. The van der Waals surface area contributed by atoms with Crippen molar-refractivity contribution >= 4 is 28.0 Å². The second-order valence-electron chi connectivity index (χ2n) is 4.22. The first-order chi connectivity index (χ1) is 10.8. The molecular weight excluding hydrogens is 348 g/mol. The van der Waals surface area contributed by atoms with Crippen molar-refractivity contribution in [3.63, 3.8) is 0 Å². The molecule has 0 amide bonds. The highest BCUT2D eigenvalue weighted by atomic mass is 79.9. The van der Waals surface area contributed by atoms with Crippen LogP contribution in [0.25, 0.3) is 11.3 Å². The van der Waals surface area contributed by atoms with Crippen LogP contribution in [0.4, 0.5) is 5.88 Å². The molecule has 0 saturated heterocycles. The van der Waals surface area contributed by atoms with Crippen molar-refractivity contribution in [3.8, 4) is 17.4 Å². The van der Waals surface area contributed by atoms with Gasteiger partial charge in [-0.2, -0.15) is 10.4 Å². The molecule has 0 spiro atoms. The fraction of sp³-hybridized carbons (Fsp3) is 0. The van der Waals surface area contributed by atoms with E-state index in [2.05, 4.69) is 31.4 Å². The smallest absolute Gasteiger partial charge is 0.251 e. The lowest BCUT2D eigenvalue weighted by Gasteiger charge is -1.97. The molecule has 0 radical (unpaired) electrons. The minimum atomic E-state index is 0.145. The summed E-state index contributed by atoms with van der Waals surface area (Å²) >= 11 is 3.42. The number of hydrogen-bond acceptors (Lipinski definition) is 6. The summed E-state index contributed by atoms with van der Waals surface area (Å²) < 4.78 is 11.6. The number of halogens is 1. The molecule has 6 nitrogen and oxygen atoms in total. The van der Waals surface area contributed by atoms with Gasteiger partial charge in [-0.1, -0.05) is 28.1 Å². The second-order valence-corrected chi connectivity index (χ2v) is 5.14. The first kappa shape index (κ1) is 14.1. The van der Waals surface area contributed by atoms with Crippen LogP contribution in [-0.4, -0.2) is 11.2 Å². The van der Waals surface area contributed by atoms with Crippen molar-refractivity contribution in [2.45, 2.75) is 0 Å². The quantitative estimate of drug-likeness (QED) is 0.563. The molecule has 0 atom stereocenters. The van der Waals surface area contributed by atoms with Crippen LogP contribution in [-0.2, 0) is 0 Å². The summed E-state index contributed by atoms with van der Waals surface area (Å²) in [4.78, 5) is 3.72. The van der Waals surface area contributed by atoms with Gasteiger partial charge in [0.1, 0.15) is 17.6 Å². The highest BCUT2D eigenvalue weighted by molar-refractivity contribution is 9.10. The molecule has 108 valence electrons. The lowest BCUT2D eigenvalue weighted by Crippen LogP contribution is -1.90. The fourth-order valence-corrected chi connectivity index (χ4v) is 2.18. The minimum absolute atomic E-state index is 0.145. The van der Waals surface area contributed by atoms with E-state index < -0.39 is 0 Å². The number of oxazole rings is 1. The van der Waals surface area contributed by atoms with Gasteiger partial charge in [0.25, 0.3) is 5.88 Å². The predicted octanol–water partition coefficient (Wildman–Crippen LogP) is 4.01. The minimum Gasteiger partial charge on any atom is -0.455 e. The van der Waals surface area contributed by atoms with E-state index in [0.717, 1.165) is 15.8 Å². The van der Waals surface area contributed by atoms with Gasteiger partial charge < -0.3 is 8.83 Å². The van der Waals surface area contributed by atoms with Gasteiger partial charge in [0.05, 0.1) is 6.21 Å². The molecule has 2 aromatic heterocycles. The summed E-state index contributed by atoms with van der Waals surface area (Å²) in [6.07, 6.45) is 2.67. The summed E-state index contributed by atoms with van der Waals surface area (Å²) in [7, 11) is 0. The van der Waals surface area contributed by atoms with Crippen molar-refractivity contribution in [1.29, 1.82) is 5.26 Å². The number of nitrogens with zero attached hydrogens (tertiary/aromatic N) is 3.